The molecule has 0 radical (unpaired) electrons. The maximum absolute atomic E-state index is 11.9. The lowest BCUT2D eigenvalue weighted by molar-refractivity contribution is 0.0473. The molecule has 0 aromatic heterocycles. The van der Waals surface area contributed by atoms with E-state index in [-0.39, 0.29) is 6.61 Å². The first-order chi connectivity index (χ1) is 9.60. The summed E-state index contributed by atoms with van der Waals surface area (Å²) in [5, 5.41) is 0.604. The number of ether oxygens (including phenoxy) is 2. The molecule has 0 saturated carbocycles. The van der Waals surface area contributed by atoms with Crippen molar-refractivity contribution in [2.24, 2.45) is 0 Å². The number of nitrogen functional groups attached to an aromatic ring is 1. The number of rotatable bonds is 4. The third-order valence-corrected chi connectivity index (χ3v) is 2.96. The second-order valence-electron chi connectivity index (χ2n) is 4.16. The van der Waals surface area contributed by atoms with Gasteiger partial charge in [-0.15, -0.1) is 0 Å². The van der Waals surface area contributed by atoms with Crippen LogP contribution in [-0.2, 0) is 11.3 Å². The van der Waals surface area contributed by atoms with E-state index in [1.807, 2.05) is 6.07 Å². The second kappa shape index (κ2) is 6.30. The summed E-state index contributed by atoms with van der Waals surface area (Å²) in [5.41, 5.74) is 7.35. The molecule has 2 rings (SSSR count). The third-order valence-electron chi connectivity index (χ3n) is 2.72. The Morgan fingerprint density at radius 3 is 2.70 bits per heavy atom. The minimum atomic E-state index is -0.445. The van der Waals surface area contributed by atoms with Crippen LogP contribution in [0.3, 0.4) is 0 Å². The number of carbonyl (C=O) groups is 1. The third kappa shape index (κ3) is 3.42. The van der Waals surface area contributed by atoms with Crippen molar-refractivity contribution in [2.45, 2.75) is 6.61 Å². The minimum Gasteiger partial charge on any atom is -0.495 e. The number of carbonyl (C=O) groups excluding carboxylic acids is 1. The van der Waals surface area contributed by atoms with Crippen LogP contribution in [0, 0.1) is 0 Å². The average Bonchev–Trinajstić information content (AvgIpc) is 2.44. The van der Waals surface area contributed by atoms with Gasteiger partial charge in [-0.05, 0) is 35.9 Å². The van der Waals surface area contributed by atoms with Crippen LogP contribution in [0.2, 0.25) is 5.02 Å². The van der Waals surface area contributed by atoms with E-state index in [0.717, 1.165) is 5.56 Å². The molecule has 2 N–H and O–H groups in total. The molecular formula is C15H14ClNO3. The molecule has 2 aromatic rings. The van der Waals surface area contributed by atoms with Crippen molar-refractivity contribution in [1.82, 2.24) is 0 Å². The number of halogens is 1. The quantitative estimate of drug-likeness (QED) is 0.693. The van der Waals surface area contributed by atoms with Crippen LogP contribution < -0.4 is 10.5 Å². The van der Waals surface area contributed by atoms with Crippen molar-refractivity contribution in [3.05, 3.63) is 58.6 Å². The van der Waals surface area contributed by atoms with Gasteiger partial charge in [0.15, 0.2) is 0 Å². The van der Waals surface area contributed by atoms with Gasteiger partial charge in [0.25, 0.3) is 0 Å². The van der Waals surface area contributed by atoms with Crippen LogP contribution in [0.5, 0.6) is 5.75 Å². The Kier molecular flexibility index (Phi) is 4.48. The van der Waals surface area contributed by atoms with Crippen molar-refractivity contribution in [3.63, 3.8) is 0 Å². The lowest BCUT2D eigenvalue weighted by Crippen LogP contribution is -2.06. The first-order valence-electron chi connectivity index (χ1n) is 5.95. The molecule has 0 heterocycles. The average molecular weight is 292 g/mol. The largest absolute Gasteiger partial charge is 0.495 e. The predicted molar refractivity (Wildman–Crippen MR) is 78.0 cm³/mol. The van der Waals surface area contributed by atoms with Crippen molar-refractivity contribution in [2.75, 3.05) is 12.8 Å². The van der Waals surface area contributed by atoms with Gasteiger partial charge in [-0.3, -0.25) is 0 Å². The van der Waals surface area contributed by atoms with E-state index in [4.69, 9.17) is 26.8 Å². The summed E-state index contributed by atoms with van der Waals surface area (Å²) in [5.74, 6) is 0.0794. The fourth-order valence-electron chi connectivity index (χ4n) is 1.72. The number of anilines is 1. The number of esters is 1. The Morgan fingerprint density at radius 2 is 2.05 bits per heavy atom. The molecule has 0 aliphatic carbocycles. The zero-order valence-electron chi connectivity index (χ0n) is 10.9. The highest BCUT2D eigenvalue weighted by atomic mass is 35.5. The Bertz CT molecular complexity index is 628. The molecule has 4 nitrogen and oxygen atoms in total. The van der Waals surface area contributed by atoms with Crippen molar-refractivity contribution in [1.29, 1.82) is 0 Å². The number of hydrogen-bond acceptors (Lipinski definition) is 4. The number of methoxy groups -OCH3 is 1. The molecule has 0 spiro atoms. The van der Waals surface area contributed by atoms with Crippen molar-refractivity contribution in [3.8, 4) is 5.75 Å². The first kappa shape index (κ1) is 14.2. The molecule has 104 valence electrons. The molecule has 0 aliphatic rings. The van der Waals surface area contributed by atoms with Crippen LogP contribution in [0.25, 0.3) is 0 Å². The van der Waals surface area contributed by atoms with Gasteiger partial charge in [0.05, 0.1) is 18.4 Å². The fraction of sp³-hybridized carbons (Fsp3) is 0.133. The van der Waals surface area contributed by atoms with Gasteiger partial charge < -0.3 is 15.2 Å². The lowest BCUT2D eigenvalue weighted by Gasteiger charge is -2.08. The SMILES string of the molecule is COc1ccc(C(=O)OCc2cccc(Cl)c2)cc1N. The van der Waals surface area contributed by atoms with Gasteiger partial charge >= 0.3 is 5.97 Å². The lowest BCUT2D eigenvalue weighted by atomic mass is 10.2. The zero-order chi connectivity index (χ0) is 14.5. The molecule has 0 aliphatic heterocycles. The number of benzene rings is 2. The molecule has 0 unspecified atom stereocenters. The minimum absolute atomic E-state index is 0.158. The Morgan fingerprint density at radius 1 is 1.25 bits per heavy atom. The molecule has 2 aromatic carbocycles. The smallest absolute Gasteiger partial charge is 0.338 e. The summed E-state index contributed by atoms with van der Waals surface area (Å²) in [4.78, 5) is 11.9. The van der Waals surface area contributed by atoms with Gasteiger partial charge in [0.2, 0.25) is 0 Å². The van der Waals surface area contributed by atoms with Crippen LogP contribution >= 0.6 is 11.6 Å². The highest BCUT2D eigenvalue weighted by Crippen LogP contribution is 2.22. The zero-order valence-corrected chi connectivity index (χ0v) is 11.7. The summed E-state index contributed by atoms with van der Waals surface area (Å²) in [6.07, 6.45) is 0. The van der Waals surface area contributed by atoms with E-state index in [2.05, 4.69) is 0 Å². The van der Waals surface area contributed by atoms with Crippen molar-refractivity contribution < 1.29 is 14.3 Å². The van der Waals surface area contributed by atoms with Gasteiger partial charge in [-0.1, -0.05) is 23.7 Å². The van der Waals surface area contributed by atoms with E-state index in [9.17, 15) is 4.79 Å². The van der Waals surface area contributed by atoms with E-state index in [1.165, 1.54) is 13.2 Å². The summed E-state index contributed by atoms with van der Waals surface area (Å²) < 4.78 is 10.2. The Hall–Kier alpha value is -2.20. The van der Waals surface area contributed by atoms with Gasteiger partial charge in [0.1, 0.15) is 12.4 Å². The Labute approximate surface area is 122 Å². The fourth-order valence-corrected chi connectivity index (χ4v) is 1.93. The number of hydrogen-bond donors (Lipinski definition) is 1. The molecular weight excluding hydrogens is 278 g/mol. The normalized spacial score (nSPS) is 10.1. The summed E-state index contributed by atoms with van der Waals surface area (Å²) in [7, 11) is 1.52. The highest BCUT2D eigenvalue weighted by Gasteiger charge is 2.10. The molecule has 0 saturated heterocycles. The van der Waals surface area contributed by atoms with E-state index in [1.54, 1.807) is 30.3 Å². The summed E-state index contributed by atoms with van der Waals surface area (Å²) in [6, 6.07) is 11.9. The summed E-state index contributed by atoms with van der Waals surface area (Å²) in [6.45, 7) is 0.158. The molecule has 0 fully saturated rings. The molecule has 20 heavy (non-hydrogen) atoms. The van der Waals surface area contributed by atoms with Gasteiger partial charge in [-0.25, -0.2) is 4.79 Å². The van der Waals surface area contributed by atoms with E-state index >= 15 is 0 Å². The first-order valence-corrected chi connectivity index (χ1v) is 6.33. The highest BCUT2D eigenvalue weighted by molar-refractivity contribution is 6.30. The molecule has 5 heteroatoms. The van der Waals surface area contributed by atoms with Crippen LogP contribution in [0.1, 0.15) is 15.9 Å². The van der Waals surface area contributed by atoms with Gasteiger partial charge in [-0.2, -0.15) is 0 Å². The standard InChI is InChI=1S/C15H14ClNO3/c1-19-14-6-5-11(8-13(14)17)15(18)20-9-10-3-2-4-12(16)7-10/h2-8H,9,17H2,1H3. The van der Waals surface area contributed by atoms with Crippen LogP contribution in [0.4, 0.5) is 5.69 Å². The molecule has 0 amide bonds. The van der Waals surface area contributed by atoms with Gasteiger partial charge in [0, 0.05) is 5.02 Å². The summed E-state index contributed by atoms with van der Waals surface area (Å²) >= 11 is 5.86. The van der Waals surface area contributed by atoms with Crippen LogP contribution in [0.15, 0.2) is 42.5 Å². The monoisotopic (exact) mass is 291 g/mol. The number of nitrogens with two attached hydrogens (primary N) is 1. The molecule has 0 bridgehead atoms. The maximum Gasteiger partial charge on any atom is 0.338 e. The van der Waals surface area contributed by atoms with E-state index < -0.39 is 5.97 Å². The predicted octanol–water partition coefficient (Wildman–Crippen LogP) is 3.29. The topological polar surface area (TPSA) is 61.5 Å². The van der Waals surface area contributed by atoms with Crippen LogP contribution in [-0.4, -0.2) is 13.1 Å². The second-order valence-corrected chi connectivity index (χ2v) is 4.60. The Balaban J connectivity index is 2.03. The van der Waals surface area contributed by atoms with Crippen molar-refractivity contribution >= 4 is 23.3 Å². The maximum atomic E-state index is 11.9. The van der Waals surface area contributed by atoms with E-state index in [0.29, 0.717) is 22.0 Å². The molecule has 0 atom stereocenters.